The highest BCUT2D eigenvalue weighted by Crippen LogP contribution is 2.47. The lowest BCUT2D eigenvalue weighted by Crippen LogP contribution is -2.48. The summed E-state index contributed by atoms with van der Waals surface area (Å²) in [6.07, 6.45) is 3.82. The zero-order valence-corrected chi connectivity index (χ0v) is 21.4. The van der Waals surface area contributed by atoms with Crippen LogP contribution in [0.5, 0.6) is 0 Å². The van der Waals surface area contributed by atoms with E-state index >= 15 is 0 Å². The number of benzene rings is 1. The average Bonchev–Trinajstić information content (AvgIpc) is 3.25. The van der Waals surface area contributed by atoms with Crippen LogP contribution in [0.1, 0.15) is 32.3 Å². The number of fused-ring (bicyclic) bond motifs is 3. The summed E-state index contributed by atoms with van der Waals surface area (Å²) in [6.45, 7) is 6.94. The zero-order chi connectivity index (χ0) is 25.0. The van der Waals surface area contributed by atoms with Crippen LogP contribution in [-0.2, 0) is 5.41 Å². The van der Waals surface area contributed by atoms with E-state index < -0.39 is 0 Å². The van der Waals surface area contributed by atoms with E-state index in [1.54, 1.807) is 0 Å². The van der Waals surface area contributed by atoms with E-state index in [4.69, 9.17) is 21.6 Å². The number of halogens is 2. The van der Waals surface area contributed by atoms with Gasteiger partial charge in [0.05, 0.1) is 0 Å². The summed E-state index contributed by atoms with van der Waals surface area (Å²) in [5.74, 6) is 3.88. The number of aromatic nitrogens is 4. The van der Waals surface area contributed by atoms with Gasteiger partial charge >= 0.3 is 0 Å². The van der Waals surface area contributed by atoms with Gasteiger partial charge in [0, 0.05) is 55.5 Å². The third kappa shape index (κ3) is 3.99. The predicted molar refractivity (Wildman–Crippen MR) is 141 cm³/mol. The van der Waals surface area contributed by atoms with Crippen molar-refractivity contribution in [2.24, 2.45) is 11.8 Å². The maximum Gasteiger partial charge on any atom is 0.226 e. The standard InChI is InChI=1S/C26H30ClFN8/c1-26(2)13-36(18-8-6-17(28)7-9-18)24-21(26)23(29-3)33-25(34-24)32-22-15-4-5-16(22)12-35(11-15)20-10-19(27)30-14-31-20/h6-10,14-16,22H,4-5,11-13H2,1-3H3,(H2,29,32,33,34)/t15-,16+,22-. The molecule has 2 bridgehead atoms. The molecule has 0 radical (unpaired) electrons. The minimum absolute atomic E-state index is 0.163. The first kappa shape index (κ1) is 23.2. The molecule has 2 N–H and O–H groups in total. The van der Waals surface area contributed by atoms with Crippen molar-refractivity contribution < 1.29 is 4.39 Å². The van der Waals surface area contributed by atoms with Crippen molar-refractivity contribution >= 4 is 40.7 Å². The molecule has 3 aliphatic rings. The van der Waals surface area contributed by atoms with E-state index in [2.05, 4.69) is 44.2 Å². The van der Waals surface area contributed by atoms with Gasteiger partial charge in [-0.2, -0.15) is 9.97 Å². The molecule has 1 aromatic carbocycles. The Bertz CT molecular complexity index is 1270. The van der Waals surface area contributed by atoms with Gasteiger partial charge in [-0.05, 0) is 48.9 Å². The Labute approximate surface area is 215 Å². The second kappa shape index (κ2) is 8.73. The molecule has 3 aromatic rings. The minimum atomic E-state index is -0.246. The lowest BCUT2D eigenvalue weighted by molar-refractivity contribution is 0.375. The zero-order valence-electron chi connectivity index (χ0n) is 20.7. The molecule has 4 heterocycles. The lowest BCUT2D eigenvalue weighted by atomic mass is 9.88. The molecular weight excluding hydrogens is 479 g/mol. The number of anilines is 5. The van der Waals surface area contributed by atoms with Crippen LogP contribution in [0.3, 0.4) is 0 Å². The molecule has 2 aromatic heterocycles. The molecular formula is C26H30ClFN8. The van der Waals surface area contributed by atoms with E-state index in [0.29, 0.717) is 22.9 Å². The molecule has 36 heavy (non-hydrogen) atoms. The molecule has 1 saturated heterocycles. The molecule has 0 unspecified atom stereocenters. The number of hydrogen-bond acceptors (Lipinski definition) is 8. The smallest absolute Gasteiger partial charge is 0.226 e. The third-order valence-corrected chi connectivity index (χ3v) is 8.03. The Morgan fingerprint density at radius 2 is 1.78 bits per heavy atom. The van der Waals surface area contributed by atoms with Crippen LogP contribution >= 0.6 is 11.6 Å². The first-order valence-electron chi connectivity index (χ1n) is 12.4. The highest BCUT2D eigenvalue weighted by Gasteiger charge is 2.44. The van der Waals surface area contributed by atoms with E-state index in [-0.39, 0.29) is 17.3 Å². The topological polar surface area (TPSA) is 82.1 Å². The van der Waals surface area contributed by atoms with E-state index in [0.717, 1.165) is 61.2 Å². The maximum atomic E-state index is 13.6. The number of piperidine rings is 1. The molecule has 1 saturated carbocycles. The van der Waals surface area contributed by atoms with Gasteiger partial charge < -0.3 is 20.4 Å². The van der Waals surface area contributed by atoms with Gasteiger partial charge in [0.15, 0.2) is 0 Å². The molecule has 6 rings (SSSR count). The summed E-state index contributed by atoms with van der Waals surface area (Å²) >= 11 is 6.11. The molecule has 2 aliphatic heterocycles. The van der Waals surface area contributed by atoms with Gasteiger partial charge in [-0.3, -0.25) is 0 Å². The van der Waals surface area contributed by atoms with Crippen molar-refractivity contribution in [1.29, 1.82) is 0 Å². The van der Waals surface area contributed by atoms with Crippen LogP contribution in [0.15, 0.2) is 36.7 Å². The van der Waals surface area contributed by atoms with Gasteiger partial charge in [0.2, 0.25) is 5.95 Å². The van der Waals surface area contributed by atoms with Gasteiger partial charge in [-0.25, -0.2) is 14.4 Å². The first-order chi connectivity index (χ1) is 17.3. The highest BCUT2D eigenvalue weighted by atomic mass is 35.5. The van der Waals surface area contributed by atoms with Crippen LogP contribution in [0, 0.1) is 17.7 Å². The van der Waals surface area contributed by atoms with E-state index in [1.165, 1.54) is 18.5 Å². The van der Waals surface area contributed by atoms with E-state index in [9.17, 15) is 4.39 Å². The normalized spacial score (nSPS) is 24.1. The van der Waals surface area contributed by atoms with Gasteiger partial charge in [-0.15, -0.1) is 0 Å². The maximum absolute atomic E-state index is 13.6. The summed E-state index contributed by atoms with van der Waals surface area (Å²) in [7, 11) is 1.90. The summed E-state index contributed by atoms with van der Waals surface area (Å²) in [5, 5.41) is 7.47. The Balaban J connectivity index is 1.29. The lowest BCUT2D eigenvalue weighted by Gasteiger charge is -2.39. The monoisotopic (exact) mass is 508 g/mol. The molecule has 0 spiro atoms. The second-order valence-electron chi connectivity index (χ2n) is 10.7. The summed E-state index contributed by atoms with van der Waals surface area (Å²) in [4.78, 5) is 22.9. The minimum Gasteiger partial charge on any atom is -0.373 e. The average molecular weight is 509 g/mol. The van der Waals surface area contributed by atoms with Crippen LogP contribution < -0.4 is 20.4 Å². The van der Waals surface area contributed by atoms with Crippen LogP contribution in [0.25, 0.3) is 0 Å². The summed E-state index contributed by atoms with van der Waals surface area (Å²) in [5.41, 5.74) is 1.84. The Morgan fingerprint density at radius 3 is 2.44 bits per heavy atom. The van der Waals surface area contributed by atoms with Gasteiger partial charge in [0.1, 0.15) is 34.8 Å². The SMILES string of the molecule is CNc1nc(N[C@@H]2[C@@H]3CC[C@H]2CN(c2cc(Cl)ncn2)C3)nc2c1C(C)(C)CN2c1ccc(F)cc1. The van der Waals surface area contributed by atoms with Crippen molar-refractivity contribution in [3.63, 3.8) is 0 Å². The van der Waals surface area contributed by atoms with Crippen LogP contribution in [0.2, 0.25) is 5.15 Å². The number of nitrogens with one attached hydrogen (secondary N) is 2. The predicted octanol–water partition coefficient (Wildman–Crippen LogP) is 4.86. The third-order valence-electron chi connectivity index (χ3n) is 7.82. The quantitative estimate of drug-likeness (QED) is 0.473. The Kier molecular flexibility index (Phi) is 5.63. The number of rotatable bonds is 5. The first-order valence-corrected chi connectivity index (χ1v) is 12.8. The van der Waals surface area contributed by atoms with Crippen molar-refractivity contribution in [1.82, 2.24) is 19.9 Å². The van der Waals surface area contributed by atoms with Crippen molar-refractivity contribution in [3.8, 4) is 0 Å². The van der Waals surface area contributed by atoms with E-state index in [1.807, 2.05) is 25.2 Å². The Morgan fingerprint density at radius 1 is 1.06 bits per heavy atom. The summed E-state index contributed by atoms with van der Waals surface area (Å²) in [6, 6.07) is 8.73. The fraction of sp³-hybridized carbons (Fsp3) is 0.462. The molecule has 188 valence electrons. The fourth-order valence-electron chi connectivity index (χ4n) is 6.19. The van der Waals surface area contributed by atoms with Crippen LogP contribution in [-0.4, -0.2) is 52.7 Å². The second-order valence-corrected chi connectivity index (χ2v) is 11.0. The Hall–Kier alpha value is -3.20. The van der Waals surface area contributed by atoms with Gasteiger partial charge in [0.25, 0.3) is 0 Å². The highest BCUT2D eigenvalue weighted by molar-refractivity contribution is 6.29. The van der Waals surface area contributed by atoms with Crippen molar-refractivity contribution in [2.75, 3.05) is 47.1 Å². The molecule has 8 nitrogen and oxygen atoms in total. The molecule has 2 fully saturated rings. The van der Waals surface area contributed by atoms with Crippen molar-refractivity contribution in [3.05, 3.63) is 53.2 Å². The largest absolute Gasteiger partial charge is 0.373 e. The molecule has 1 aliphatic carbocycles. The fourth-order valence-corrected chi connectivity index (χ4v) is 6.33. The number of hydrogen-bond donors (Lipinski definition) is 2. The van der Waals surface area contributed by atoms with Crippen molar-refractivity contribution in [2.45, 2.75) is 38.1 Å². The molecule has 10 heteroatoms. The number of nitrogens with zero attached hydrogens (tertiary/aromatic N) is 6. The molecule has 0 amide bonds. The van der Waals surface area contributed by atoms with Gasteiger partial charge in [-0.1, -0.05) is 25.4 Å². The van der Waals surface area contributed by atoms with Crippen LogP contribution in [0.4, 0.5) is 33.5 Å². The molecule has 3 atom stereocenters. The summed E-state index contributed by atoms with van der Waals surface area (Å²) < 4.78 is 13.6.